The number of nitrogens with two attached hydrogens (primary N) is 1. The molecule has 1 saturated carbocycles. The van der Waals surface area contributed by atoms with E-state index in [0.717, 1.165) is 25.4 Å². The van der Waals surface area contributed by atoms with Gasteiger partial charge in [0.15, 0.2) is 0 Å². The van der Waals surface area contributed by atoms with Gasteiger partial charge in [-0.2, -0.15) is 0 Å². The first kappa shape index (κ1) is 11.9. The van der Waals surface area contributed by atoms with Crippen LogP contribution < -0.4 is 11.3 Å². The molecular formula is C13H24N2O. The normalized spacial score (nSPS) is 24.7. The molecule has 3 nitrogen and oxygen atoms in total. The van der Waals surface area contributed by atoms with Crippen molar-refractivity contribution in [3.8, 4) is 0 Å². The van der Waals surface area contributed by atoms with Crippen LogP contribution in [0.4, 0.5) is 0 Å². The molecule has 1 heterocycles. The molecule has 2 rings (SSSR count). The lowest BCUT2D eigenvalue weighted by Crippen LogP contribution is -2.39. The molecule has 0 aromatic carbocycles. The van der Waals surface area contributed by atoms with E-state index in [9.17, 15) is 0 Å². The largest absolute Gasteiger partial charge is 0.501 e. The van der Waals surface area contributed by atoms with E-state index in [1.807, 2.05) is 6.26 Å². The van der Waals surface area contributed by atoms with Gasteiger partial charge in [0.25, 0.3) is 0 Å². The molecule has 1 aliphatic carbocycles. The minimum absolute atomic E-state index is 0.336. The van der Waals surface area contributed by atoms with Crippen LogP contribution in [0.3, 0.4) is 0 Å². The van der Waals surface area contributed by atoms with Crippen molar-refractivity contribution < 1.29 is 4.74 Å². The van der Waals surface area contributed by atoms with E-state index in [-0.39, 0.29) is 0 Å². The van der Waals surface area contributed by atoms with Crippen LogP contribution in [0.2, 0.25) is 0 Å². The lowest BCUT2D eigenvalue weighted by Gasteiger charge is -2.28. The van der Waals surface area contributed by atoms with Gasteiger partial charge < -0.3 is 4.74 Å². The van der Waals surface area contributed by atoms with Gasteiger partial charge in [-0.05, 0) is 30.8 Å². The van der Waals surface area contributed by atoms with Gasteiger partial charge >= 0.3 is 0 Å². The Bertz CT molecular complexity index is 234. The first-order valence-electron chi connectivity index (χ1n) is 6.67. The van der Waals surface area contributed by atoms with Crippen molar-refractivity contribution in [2.24, 2.45) is 11.8 Å². The minimum atomic E-state index is 0.336. The average molecular weight is 224 g/mol. The number of hydrogen-bond acceptors (Lipinski definition) is 3. The maximum atomic E-state index is 5.67. The van der Waals surface area contributed by atoms with Gasteiger partial charge in [-0.25, -0.2) is 0 Å². The third-order valence-electron chi connectivity index (χ3n) is 3.90. The van der Waals surface area contributed by atoms with Crippen molar-refractivity contribution in [3.05, 3.63) is 11.8 Å². The fourth-order valence-corrected chi connectivity index (χ4v) is 2.92. The predicted octanol–water partition coefficient (Wildman–Crippen LogP) is 2.48. The molecule has 3 N–H and O–H groups in total. The standard InChI is InChI=1S/C13H24N2O/c14-15-13(12-7-4-8-16-10-12)9-11-5-2-1-3-6-11/h10-11,13,15H,1-9,14H2. The van der Waals surface area contributed by atoms with Crippen LogP contribution in [0, 0.1) is 5.92 Å². The first-order chi connectivity index (χ1) is 7.90. The Morgan fingerprint density at radius 2 is 2.12 bits per heavy atom. The van der Waals surface area contributed by atoms with Crippen molar-refractivity contribution in [1.82, 2.24) is 5.43 Å². The molecule has 3 heteroatoms. The second kappa shape index (κ2) is 6.26. The molecule has 0 aromatic heterocycles. The predicted molar refractivity (Wildman–Crippen MR) is 65.6 cm³/mol. The lowest BCUT2D eigenvalue weighted by molar-refractivity contribution is 0.214. The number of nitrogens with one attached hydrogen (secondary N) is 1. The highest BCUT2D eigenvalue weighted by Crippen LogP contribution is 2.30. The van der Waals surface area contributed by atoms with E-state index in [0.29, 0.717) is 6.04 Å². The maximum Gasteiger partial charge on any atom is 0.0876 e. The zero-order valence-corrected chi connectivity index (χ0v) is 10.1. The fourth-order valence-electron chi connectivity index (χ4n) is 2.92. The summed E-state index contributed by atoms with van der Waals surface area (Å²) in [6.45, 7) is 0.865. The van der Waals surface area contributed by atoms with Gasteiger partial charge in [0.05, 0.1) is 12.9 Å². The zero-order chi connectivity index (χ0) is 11.2. The molecule has 1 unspecified atom stereocenters. The van der Waals surface area contributed by atoms with Crippen LogP contribution in [0.1, 0.15) is 51.4 Å². The van der Waals surface area contributed by atoms with Gasteiger partial charge in [-0.15, -0.1) is 0 Å². The smallest absolute Gasteiger partial charge is 0.0876 e. The summed E-state index contributed by atoms with van der Waals surface area (Å²) in [5.41, 5.74) is 4.33. The Balaban J connectivity index is 1.86. The molecule has 2 aliphatic rings. The molecule has 0 aromatic rings. The Kier molecular flexibility index (Phi) is 4.67. The molecule has 92 valence electrons. The van der Waals surface area contributed by atoms with Crippen LogP contribution in [0.15, 0.2) is 11.8 Å². The van der Waals surface area contributed by atoms with Crippen molar-refractivity contribution in [1.29, 1.82) is 0 Å². The molecule has 16 heavy (non-hydrogen) atoms. The molecule has 1 aliphatic heterocycles. The number of hydrogen-bond donors (Lipinski definition) is 2. The quantitative estimate of drug-likeness (QED) is 0.569. The van der Waals surface area contributed by atoms with Crippen molar-refractivity contribution in [2.75, 3.05) is 6.61 Å². The molecule has 0 radical (unpaired) electrons. The Hall–Kier alpha value is -0.540. The molecule has 0 amide bonds. The number of ether oxygens (including phenoxy) is 1. The number of hydrazine groups is 1. The van der Waals surface area contributed by atoms with Gasteiger partial charge in [0.2, 0.25) is 0 Å². The summed E-state index contributed by atoms with van der Waals surface area (Å²) in [4.78, 5) is 0. The molecule has 0 spiro atoms. The molecule has 0 saturated heterocycles. The van der Waals surface area contributed by atoms with Crippen LogP contribution in [0.5, 0.6) is 0 Å². The van der Waals surface area contributed by atoms with E-state index < -0.39 is 0 Å². The van der Waals surface area contributed by atoms with Gasteiger partial charge in [0, 0.05) is 6.04 Å². The fraction of sp³-hybridized carbons (Fsp3) is 0.846. The van der Waals surface area contributed by atoms with Crippen LogP contribution in [0.25, 0.3) is 0 Å². The topological polar surface area (TPSA) is 47.3 Å². The Morgan fingerprint density at radius 1 is 1.31 bits per heavy atom. The second-order valence-corrected chi connectivity index (χ2v) is 5.13. The minimum Gasteiger partial charge on any atom is -0.501 e. The highest BCUT2D eigenvalue weighted by molar-refractivity contribution is 5.09. The second-order valence-electron chi connectivity index (χ2n) is 5.13. The van der Waals surface area contributed by atoms with Gasteiger partial charge in [0.1, 0.15) is 0 Å². The van der Waals surface area contributed by atoms with Crippen molar-refractivity contribution >= 4 is 0 Å². The van der Waals surface area contributed by atoms with Crippen LogP contribution in [-0.4, -0.2) is 12.6 Å². The van der Waals surface area contributed by atoms with Crippen LogP contribution in [-0.2, 0) is 4.74 Å². The van der Waals surface area contributed by atoms with Gasteiger partial charge in [-0.3, -0.25) is 11.3 Å². The van der Waals surface area contributed by atoms with Crippen molar-refractivity contribution in [2.45, 2.75) is 57.4 Å². The summed E-state index contributed by atoms with van der Waals surface area (Å²) in [5, 5.41) is 0. The SMILES string of the molecule is NNC(CC1CCCCC1)C1=COCCC1. The summed E-state index contributed by atoms with van der Waals surface area (Å²) >= 11 is 0. The van der Waals surface area contributed by atoms with Crippen LogP contribution >= 0.6 is 0 Å². The summed E-state index contributed by atoms with van der Waals surface area (Å²) < 4.78 is 5.40. The van der Waals surface area contributed by atoms with E-state index in [2.05, 4.69) is 5.43 Å². The average Bonchev–Trinajstić information content (AvgIpc) is 2.38. The molecule has 0 bridgehead atoms. The monoisotopic (exact) mass is 224 g/mol. The highest BCUT2D eigenvalue weighted by Gasteiger charge is 2.22. The summed E-state index contributed by atoms with van der Waals surface area (Å²) in [5.74, 6) is 6.53. The first-order valence-corrected chi connectivity index (χ1v) is 6.67. The highest BCUT2D eigenvalue weighted by atomic mass is 16.5. The molecule has 1 atom stereocenters. The Morgan fingerprint density at radius 3 is 2.75 bits per heavy atom. The maximum absolute atomic E-state index is 5.67. The van der Waals surface area contributed by atoms with E-state index in [1.54, 1.807) is 0 Å². The summed E-state index contributed by atoms with van der Waals surface area (Å²) in [6.07, 6.45) is 12.4. The zero-order valence-electron chi connectivity index (χ0n) is 10.1. The Labute approximate surface area is 98.4 Å². The number of rotatable bonds is 4. The molecular weight excluding hydrogens is 200 g/mol. The van der Waals surface area contributed by atoms with E-state index in [4.69, 9.17) is 10.6 Å². The van der Waals surface area contributed by atoms with E-state index >= 15 is 0 Å². The third kappa shape index (κ3) is 3.22. The van der Waals surface area contributed by atoms with Gasteiger partial charge in [-0.1, -0.05) is 32.1 Å². The molecule has 1 fully saturated rings. The van der Waals surface area contributed by atoms with Crippen molar-refractivity contribution in [3.63, 3.8) is 0 Å². The third-order valence-corrected chi connectivity index (χ3v) is 3.90. The summed E-state index contributed by atoms with van der Waals surface area (Å²) in [6, 6.07) is 0.336. The van der Waals surface area contributed by atoms with E-state index in [1.165, 1.54) is 44.1 Å². The lowest BCUT2D eigenvalue weighted by atomic mass is 9.83. The summed E-state index contributed by atoms with van der Waals surface area (Å²) in [7, 11) is 0.